The number of rotatable bonds is 6. The number of benzene rings is 2. The average molecular weight is 378 g/mol. The number of halogens is 1. The van der Waals surface area contributed by atoms with E-state index in [0.29, 0.717) is 39.5 Å². The van der Waals surface area contributed by atoms with Gasteiger partial charge in [-0.15, -0.1) is 0 Å². The van der Waals surface area contributed by atoms with Crippen LogP contribution in [0.25, 0.3) is 10.2 Å². The minimum atomic E-state index is -0.283. The number of nitrogens with one attached hydrogen (secondary N) is 1. The summed E-state index contributed by atoms with van der Waals surface area (Å²) in [5, 5.41) is 3.85. The summed E-state index contributed by atoms with van der Waals surface area (Å²) in [6.45, 7) is 2.25. The van der Waals surface area contributed by atoms with Crippen LogP contribution in [0.2, 0.25) is 5.02 Å². The topological polar surface area (TPSA) is 86.5 Å². The summed E-state index contributed by atoms with van der Waals surface area (Å²) in [5.74, 6) is 0.872. The van der Waals surface area contributed by atoms with Crippen molar-refractivity contribution in [1.82, 2.24) is 4.98 Å². The largest absolute Gasteiger partial charge is 0.491 e. The molecule has 0 aliphatic rings. The maximum absolute atomic E-state index is 12.1. The van der Waals surface area contributed by atoms with Crippen molar-refractivity contribution < 1.29 is 14.3 Å². The predicted molar refractivity (Wildman–Crippen MR) is 101 cm³/mol. The second-order valence-corrected chi connectivity index (χ2v) is 6.60. The Morgan fingerprint density at radius 1 is 1.28 bits per heavy atom. The molecule has 1 amide bonds. The number of thiazole rings is 1. The van der Waals surface area contributed by atoms with Crippen molar-refractivity contribution in [3.63, 3.8) is 0 Å². The third kappa shape index (κ3) is 4.32. The number of nitrogen functional groups attached to an aromatic ring is 1. The zero-order valence-corrected chi connectivity index (χ0v) is 15.0. The maximum atomic E-state index is 12.1. The number of nitrogens with two attached hydrogens (primary N) is 1. The molecule has 0 bridgehead atoms. The number of fused-ring (bicyclic) bond motifs is 1. The molecule has 2 aromatic carbocycles. The normalized spacial score (nSPS) is 10.6. The van der Waals surface area contributed by atoms with Crippen LogP contribution in [0.1, 0.15) is 6.92 Å². The van der Waals surface area contributed by atoms with Crippen molar-refractivity contribution in [2.75, 3.05) is 24.3 Å². The van der Waals surface area contributed by atoms with Gasteiger partial charge in [0.05, 0.1) is 11.3 Å². The first-order valence-corrected chi connectivity index (χ1v) is 8.75. The Kier molecular flexibility index (Phi) is 5.25. The molecule has 130 valence electrons. The number of anilines is 2. The lowest BCUT2D eigenvalue weighted by Crippen LogP contribution is -2.20. The van der Waals surface area contributed by atoms with Gasteiger partial charge in [0, 0.05) is 16.8 Å². The van der Waals surface area contributed by atoms with Gasteiger partial charge in [0.15, 0.2) is 11.7 Å². The molecule has 0 spiro atoms. The molecular weight excluding hydrogens is 362 g/mol. The lowest BCUT2D eigenvalue weighted by atomic mass is 10.2. The number of hydrogen-bond acceptors (Lipinski definition) is 6. The number of nitrogens with zero attached hydrogens (tertiary/aromatic N) is 1. The van der Waals surface area contributed by atoms with Crippen LogP contribution in [-0.2, 0) is 4.79 Å². The highest BCUT2D eigenvalue weighted by atomic mass is 35.5. The molecule has 0 fully saturated rings. The second kappa shape index (κ2) is 7.58. The molecular formula is C17H16ClN3O3S. The lowest BCUT2D eigenvalue weighted by Gasteiger charge is -2.10. The molecule has 6 nitrogen and oxygen atoms in total. The van der Waals surface area contributed by atoms with E-state index in [9.17, 15) is 4.79 Å². The van der Waals surface area contributed by atoms with Crippen molar-refractivity contribution in [2.24, 2.45) is 0 Å². The van der Waals surface area contributed by atoms with Crippen molar-refractivity contribution in [2.45, 2.75) is 6.92 Å². The van der Waals surface area contributed by atoms with E-state index in [-0.39, 0.29) is 12.5 Å². The summed E-state index contributed by atoms with van der Waals surface area (Å²) in [6, 6.07) is 10.3. The van der Waals surface area contributed by atoms with Gasteiger partial charge in [-0.3, -0.25) is 4.79 Å². The molecule has 3 aromatic rings. The molecule has 3 N–H and O–H groups in total. The highest BCUT2D eigenvalue weighted by Gasteiger charge is 2.12. The van der Waals surface area contributed by atoms with Crippen molar-refractivity contribution in [1.29, 1.82) is 0 Å². The third-order valence-corrected chi connectivity index (χ3v) is 4.33. The van der Waals surface area contributed by atoms with E-state index in [4.69, 9.17) is 26.8 Å². The molecule has 0 aliphatic carbocycles. The van der Waals surface area contributed by atoms with E-state index < -0.39 is 0 Å². The van der Waals surface area contributed by atoms with Crippen LogP contribution in [0, 0.1) is 0 Å². The van der Waals surface area contributed by atoms with Crippen molar-refractivity contribution >= 4 is 49.9 Å². The van der Waals surface area contributed by atoms with Gasteiger partial charge < -0.3 is 20.5 Å². The Hall–Kier alpha value is -2.51. The number of amides is 1. The molecule has 0 unspecified atom stereocenters. The SMILES string of the molecule is CCOc1cc(NC(=O)COc2ccc(Cl)cc2)cc2sc(N)nc12. The number of aromatic nitrogens is 1. The van der Waals surface area contributed by atoms with E-state index in [1.165, 1.54) is 11.3 Å². The monoisotopic (exact) mass is 377 g/mol. The Morgan fingerprint density at radius 2 is 2.04 bits per heavy atom. The van der Waals surface area contributed by atoms with Gasteiger partial charge in [-0.05, 0) is 37.3 Å². The van der Waals surface area contributed by atoms with E-state index in [1.54, 1.807) is 30.3 Å². The lowest BCUT2D eigenvalue weighted by molar-refractivity contribution is -0.118. The summed E-state index contributed by atoms with van der Waals surface area (Å²) in [4.78, 5) is 16.4. The fourth-order valence-corrected chi connectivity index (χ4v) is 3.15. The quantitative estimate of drug-likeness (QED) is 0.679. The van der Waals surface area contributed by atoms with E-state index in [0.717, 1.165) is 4.70 Å². The minimum absolute atomic E-state index is 0.117. The third-order valence-electron chi connectivity index (χ3n) is 3.24. The summed E-state index contributed by atoms with van der Waals surface area (Å²) >= 11 is 7.15. The molecule has 0 saturated heterocycles. The molecule has 1 heterocycles. The highest BCUT2D eigenvalue weighted by molar-refractivity contribution is 7.22. The van der Waals surface area contributed by atoms with Crippen LogP contribution in [-0.4, -0.2) is 24.1 Å². The van der Waals surface area contributed by atoms with Gasteiger partial charge in [0.25, 0.3) is 5.91 Å². The van der Waals surface area contributed by atoms with Crippen LogP contribution in [0.5, 0.6) is 11.5 Å². The first-order chi connectivity index (χ1) is 12.0. The predicted octanol–water partition coefficient (Wildman–Crippen LogP) is 3.95. The molecule has 8 heteroatoms. The summed E-state index contributed by atoms with van der Waals surface area (Å²) in [5.41, 5.74) is 7.06. The van der Waals surface area contributed by atoms with Gasteiger partial charge in [0.2, 0.25) is 0 Å². The number of carbonyl (C=O) groups is 1. The van der Waals surface area contributed by atoms with Crippen LogP contribution in [0.15, 0.2) is 36.4 Å². The van der Waals surface area contributed by atoms with Crippen LogP contribution in [0.3, 0.4) is 0 Å². The van der Waals surface area contributed by atoms with Gasteiger partial charge >= 0.3 is 0 Å². The zero-order valence-electron chi connectivity index (χ0n) is 13.4. The average Bonchev–Trinajstić information content (AvgIpc) is 2.95. The Morgan fingerprint density at radius 3 is 2.76 bits per heavy atom. The molecule has 0 atom stereocenters. The van der Waals surface area contributed by atoms with Crippen molar-refractivity contribution in [3.8, 4) is 11.5 Å². The standard InChI is InChI=1S/C17H16ClN3O3S/c1-2-23-13-7-11(8-14-16(13)21-17(19)25-14)20-15(22)9-24-12-5-3-10(18)4-6-12/h3-8H,2,9H2,1H3,(H2,19,21)(H,20,22). The van der Waals surface area contributed by atoms with Crippen LogP contribution in [0.4, 0.5) is 10.8 Å². The van der Waals surface area contributed by atoms with Crippen LogP contribution >= 0.6 is 22.9 Å². The van der Waals surface area contributed by atoms with Gasteiger partial charge in [-0.2, -0.15) is 0 Å². The van der Waals surface area contributed by atoms with E-state index >= 15 is 0 Å². The number of hydrogen-bond donors (Lipinski definition) is 2. The molecule has 3 rings (SSSR count). The minimum Gasteiger partial charge on any atom is -0.491 e. The van der Waals surface area contributed by atoms with Gasteiger partial charge in [-0.25, -0.2) is 4.98 Å². The fourth-order valence-electron chi connectivity index (χ4n) is 2.23. The first-order valence-electron chi connectivity index (χ1n) is 7.56. The summed E-state index contributed by atoms with van der Waals surface area (Å²) in [6.07, 6.45) is 0. The second-order valence-electron chi connectivity index (χ2n) is 5.10. The van der Waals surface area contributed by atoms with Crippen molar-refractivity contribution in [3.05, 3.63) is 41.4 Å². The maximum Gasteiger partial charge on any atom is 0.262 e. The van der Waals surface area contributed by atoms with Gasteiger partial charge in [-0.1, -0.05) is 22.9 Å². The molecule has 0 aliphatic heterocycles. The first kappa shape index (κ1) is 17.3. The molecule has 0 radical (unpaired) electrons. The number of ether oxygens (including phenoxy) is 2. The Labute approximate surface area is 153 Å². The highest BCUT2D eigenvalue weighted by Crippen LogP contribution is 2.34. The summed E-state index contributed by atoms with van der Waals surface area (Å²) in [7, 11) is 0. The van der Waals surface area contributed by atoms with E-state index in [2.05, 4.69) is 10.3 Å². The summed E-state index contributed by atoms with van der Waals surface area (Å²) < 4.78 is 11.9. The Balaban J connectivity index is 1.70. The molecule has 0 saturated carbocycles. The van der Waals surface area contributed by atoms with Crippen LogP contribution < -0.4 is 20.5 Å². The number of carbonyl (C=O) groups excluding carboxylic acids is 1. The van der Waals surface area contributed by atoms with E-state index in [1.807, 2.05) is 13.0 Å². The Bertz CT molecular complexity index is 896. The zero-order chi connectivity index (χ0) is 17.8. The fraction of sp³-hybridized carbons (Fsp3) is 0.176. The molecule has 1 aromatic heterocycles. The molecule has 25 heavy (non-hydrogen) atoms. The smallest absolute Gasteiger partial charge is 0.262 e. The van der Waals surface area contributed by atoms with Gasteiger partial charge in [0.1, 0.15) is 17.0 Å².